The zero-order valence-electron chi connectivity index (χ0n) is 14.6. The number of hydrogen-bond donors (Lipinski definition) is 1. The number of nitrogens with zero attached hydrogens (tertiary/aromatic N) is 3. The topological polar surface area (TPSA) is 59.8 Å². The first-order chi connectivity index (χ1) is 12.3. The van der Waals surface area contributed by atoms with Gasteiger partial charge in [0.1, 0.15) is 5.52 Å². The fourth-order valence-corrected chi connectivity index (χ4v) is 3.51. The van der Waals surface area contributed by atoms with Crippen LogP contribution >= 0.6 is 0 Å². The summed E-state index contributed by atoms with van der Waals surface area (Å²) in [5, 5.41) is 2.73. The zero-order chi connectivity index (χ0) is 18.5. The molecule has 2 aliphatic carbocycles. The summed E-state index contributed by atoms with van der Waals surface area (Å²) >= 11 is 0. The smallest absolute Gasteiger partial charge is 0.296 e. The van der Waals surface area contributed by atoms with Crippen LogP contribution < -0.4 is 5.32 Å². The van der Waals surface area contributed by atoms with Crippen LogP contribution in [-0.2, 0) is 4.79 Å². The van der Waals surface area contributed by atoms with Gasteiger partial charge in [-0.15, -0.1) is 0 Å². The van der Waals surface area contributed by atoms with Crippen molar-refractivity contribution in [2.75, 3.05) is 5.32 Å². The quantitative estimate of drug-likeness (QED) is 0.777. The predicted octanol–water partition coefficient (Wildman–Crippen LogP) is 5.16. The number of carbonyl (C=O) groups excluding carboxylic acids is 1. The van der Waals surface area contributed by atoms with Gasteiger partial charge in [0.05, 0.1) is 5.41 Å². The molecule has 5 nitrogen and oxygen atoms in total. The average Bonchev–Trinajstić information content (AvgIpc) is 3.25. The normalized spacial score (nSPS) is 18.7. The molecule has 0 aromatic carbocycles. The van der Waals surface area contributed by atoms with Crippen LogP contribution in [0.5, 0.6) is 0 Å². The van der Waals surface area contributed by atoms with Crippen LogP contribution in [0.25, 0.3) is 11.2 Å². The van der Waals surface area contributed by atoms with Crippen LogP contribution in [0.15, 0.2) is 12.1 Å². The molecule has 2 heterocycles. The summed E-state index contributed by atoms with van der Waals surface area (Å²) in [7, 11) is 0. The van der Waals surface area contributed by atoms with E-state index in [4.69, 9.17) is 0 Å². The van der Waals surface area contributed by atoms with Crippen molar-refractivity contribution in [2.45, 2.75) is 71.5 Å². The number of fused-ring (bicyclic) bond motifs is 1. The molecule has 0 aliphatic heterocycles. The fraction of sp³-hybridized carbons (Fsp3) is 0.632. The van der Waals surface area contributed by atoms with E-state index in [1.54, 1.807) is 0 Å². The molecule has 2 saturated carbocycles. The molecule has 2 aromatic heterocycles. The van der Waals surface area contributed by atoms with E-state index in [-0.39, 0.29) is 39.2 Å². The first-order valence-electron chi connectivity index (χ1n) is 9.01. The molecule has 2 fully saturated rings. The SMILES string of the molecule is C.Cc1ccc2nc(NC(=O)CCC3(C(F)(F)F)CC3)n(C3CCC3)c2n1. The van der Waals surface area contributed by atoms with Gasteiger partial charge in [0, 0.05) is 18.2 Å². The second kappa shape index (κ2) is 6.80. The number of anilines is 1. The second-order valence-electron chi connectivity index (χ2n) is 7.51. The number of aryl methyl sites for hydroxylation is 1. The van der Waals surface area contributed by atoms with E-state index < -0.39 is 17.5 Å². The van der Waals surface area contributed by atoms with Crippen molar-refractivity contribution in [3.63, 3.8) is 0 Å². The van der Waals surface area contributed by atoms with Gasteiger partial charge in [0.15, 0.2) is 5.65 Å². The van der Waals surface area contributed by atoms with Crippen LogP contribution in [0.4, 0.5) is 19.1 Å². The van der Waals surface area contributed by atoms with Crippen molar-refractivity contribution in [3.05, 3.63) is 17.8 Å². The molecule has 2 aromatic rings. The number of rotatable bonds is 5. The standard InChI is InChI=1S/C18H21F3N4O.CH4/c1-11-5-6-13-15(22-11)25(12-3-2-4-12)16(23-13)24-14(26)7-8-17(9-10-17)18(19,20)21;/h5-6,12H,2-4,7-10H2,1H3,(H,23,24,26);1H4. The molecule has 1 N–H and O–H groups in total. The molecular formula is C19H25F3N4O. The van der Waals surface area contributed by atoms with E-state index in [1.807, 2.05) is 23.6 Å². The van der Waals surface area contributed by atoms with Crippen molar-refractivity contribution in [2.24, 2.45) is 5.41 Å². The van der Waals surface area contributed by atoms with Gasteiger partial charge in [-0.1, -0.05) is 7.43 Å². The number of nitrogens with one attached hydrogen (secondary N) is 1. The molecule has 0 bridgehead atoms. The van der Waals surface area contributed by atoms with Crippen molar-refractivity contribution < 1.29 is 18.0 Å². The Morgan fingerprint density at radius 1 is 1.30 bits per heavy atom. The zero-order valence-corrected chi connectivity index (χ0v) is 14.6. The maximum Gasteiger partial charge on any atom is 0.394 e. The van der Waals surface area contributed by atoms with Crippen molar-refractivity contribution in [3.8, 4) is 0 Å². The fourth-order valence-electron chi connectivity index (χ4n) is 3.51. The molecule has 148 valence electrons. The number of halogens is 3. The van der Waals surface area contributed by atoms with E-state index in [9.17, 15) is 18.0 Å². The van der Waals surface area contributed by atoms with Crippen LogP contribution in [0.3, 0.4) is 0 Å². The molecule has 1 amide bonds. The first-order valence-corrected chi connectivity index (χ1v) is 9.01. The van der Waals surface area contributed by atoms with E-state index >= 15 is 0 Å². The molecule has 4 rings (SSSR count). The minimum atomic E-state index is -4.23. The van der Waals surface area contributed by atoms with Gasteiger partial charge in [-0.3, -0.25) is 14.7 Å². The lowest BCUT2D eigenvalue weighted by Gasteiger charge is -2.28. The number of carbonyl (C=O) groups is 1. The maximum absolute atomic E-state index is 13.0. The van der Waals surface area contributed by atoms with Crippen molar-refractivity contribution >= 4 is 23.0 Å². The molecule has 0 unspecified atom stereocenters. The summed E-state index contributed by atoms with van der Waals surface area (Å²) in [5.74, 6) is -0.0298. The summed E-state index contributed by atoms with van der Waals surface area (Å²) in [5.41, 5.74) is 0.610. The summed E-state index contributed by atoms with van der Waals surface area (Å²) < 4.78 is 41.0. The highest BCUT2D eigenvalue weighted by Crippen LogP contribution is 2.60. The third kappa shape index (κ3) is 3.53. The summed E-state index contributed by atoms with van der Waals surface area (Å²) in [4.78, 5) is 21.3. The van der Waals surface area contributed by atoms with Gasteiger partial charge in [0.25, 0.3) is 0 Å². The predicted molar refractivity (Wildman–Crippen MR) is 97.5 cm³/mol. The number of aromatic nitrogens is 3. The Morgan fingerprint density at radius 2 is 2.00 bits per heavy atom. The minimum absolute atomic E-state index is 0. The van der Waals surface area contributed by atoms with Crippen molar-refractivity contribution in [1.82, 2.24) is 14.5 Å². The summed E-state index contributed by atoms with van der Waals surface area (Å²) in [6.45, 7) is 1.89. The lowest BCUT2D eigenvalue weighted by atomic mass is 9.93. The second-order valence-corrected chi connectivity index (χ2v) is 7.51. The Kier molecular flexibility index (Phi) is 4.94. The van der Waals surface area contributed by atoms with Crippen molar-refractivity contribution in [1.29, 1.82) is 0 Å². The largest absolute Gasteiger partial charge is 0.394 e. The molecule has 0 spiro atoms. The Morgan fingerprint density at radius 3 is 2.56 bits per heavy atom. The third-order valence-corrected chi connectivity index (χ3v) is 5.65. The molecular weight excluding hydrogens is 357 g/mol. The van der Waals surface area contributed by atoms with Crippen LogP contribution in [0.1, 0.15) is 64.1 Å². The van der Waals surface area contributed by atoms with E-state index in [2.05, 4.69) is 15.3 Å². The van der Waals surface area contributed by atoms with E-state index in [0.717, 1.165) is 30.6 Å². The number of alkyl halides is 3. The number of amides is 1. The Hall–Kier alpha value is -2.12. The number of hydrogen-bond acceptors (Lipinski definition) is 3. The lowest BCUT2D eigenvalue weighted by Crippen LogP contribution is -2.27. The van der Waals surface area contributed by atoms with Crippen LogP contribution in [-0.4, -0.2) is 26.6 Å². The summed E-state index contributed by atoms with van der Waals surface area (Å²) in [6, 6.07) is 3.94. The van der Waals surface area contributed by atoms with E-state index in [0.29, 0.717) is 11.5 Å². The Balaban J connectivity index is 0.00000210. The van der Waals surface area contributed by atoms with Gasteiger partial charge >= 0.3 is 6.18 Å². The van der Waals surface area contributed by atoms with Gasteiger partial charge in [-0.05, 0) is 57.6 Å². The number of imidazole rings is 1. The molecule has 0 radical (unpaired) electrons. The Bertz CT molecular complexity index is 850. The Labute approximate surface area is 156 Å². The maximum atomic E-state index is 13.0. The molecule has 27 heavy (non-hydrogen) atoms. The molecule has 0 atom stereocenters. The van der Waals surface area contributed by atoms with Crippen LogP contribution in [0.2, 0.25) is 0 Å². The highest BCUT2D eigenvalue weighted by atomic mass is 19.4. The van der Waals surface area contributed by atoms with Gasteiger partial charge in [-0.25, -0.2) is 9.97 Å². The minimum Gasteiger partial charge on any atom is -0.296 e. The molecule has 2 aliphatic rings. The molecule has 0 saturated heterocycles. The van der Waals surface area contributed by atoms with Gasteiger partial charge in [-0.2, -0.15) is 13.2 Å². The highest BCUT2D eigenvalue weighted by Gasteiger charge is 2.62. The van der Waals surface area contributed by atoms with Gasteiger partial charge < -0.3 is 0 Å². The monoisotopic (exact) mass is 382 g/mol. The highest BCUT2D eigenvalue weighted by molar-refractivity contribution is 5.91. The summed E-state index contributed by atoms with van der Waals surface area (Å²) in [6.07, 6.45) is -1.22. The lowest BCUT2D eigenvalue weighted by molar-refractivity contribution is -0.189. The van der Waals surface area contributed by atoms with E-state index in [1.165, 1.54) is 0 Å². The third-order valence-electron chi connectivity index (χ3n) is 5.65. The van der Waals surface area contributed by atoms with Gasteiger partial charge in [0.2, 0.25) is 11.9 Å². The first kappa shape index (κ1) is 19.6. The molecule has 8 heteroatoms. The average molecular weight is 382 g/mol. The number of pyridine rings is 1. The van der Waals surface area contributed by atoms with Crippen LogP contribution in [0, 0.1) is 12.3 Å².